The normalized spacial score (nSPS) is 10.1. The van der Waals surface area contributed by atoms with Crippen molar-refractivity contribution < 1.29 is 4.74 Å². The van der Waals surface area contributed by atoms with E-state index in [-0.39, 0.29) is 12.0 Å². The Morgan fingerprint density at radius 3 is 2.53 bits per heavy atom. The topological polar surface area (TPSA) is 98.0 Å². The zero-order valence-corrected chi connectivity index (χ0v) is 13.0. The van der Waals surface area contributed by atoms with Crippen molar-refractivity contribution in [2.75, 3.05) is 17.9 Å². The summed E-state index contributed by atoms with van der Waals surface area (Å²) in [6.07, 6.45) is 0. The Labute approximate surface area is 126 Å². The van der Waals surface area contributed by atoms with Crippen LogP contribution < -0.4 is 21.3 Å². The van der Waals surface area contributed by atoms with Crippen LogP contribution in [-0.2, 0) is 0 Å². The van der Waals surface area contributed by atoms with Crippen LogP contribution in [-0.4, -0.2) is 22.1 Å². The van der Waals surface area contributed by atoms with Gasteiger partial charge in [0.1, 0.15) is 0 Å². The molecule has 9 heteroatoms. The van der Waals surface area contributed by atoms with Gasteiger partial charge in [0.2, 0.25) is 11.9 Å². The minimum Gasteiger partial charge on any atom is -0.467 e. The standard InChI is InChI=1S/C10H10Br2N6O/c1-19-10-16-8(15-9(17-10)18-13)14-7-3-2-5(11)4-6(7)12/h2-4H,13H2,1H3,(H2,14,15,16,17,18). The van der Waals surface area contributed by atoms with Gasteiger partial charge >= 0.3 is 6.01 Å². The molecule has 1 aromatic carbocycles. The molecule has 0 saturated heterocycles. The van der Waals surface area contributed by atoms with Crippen LogP contribution in [0.5, 0.6) is 6.01 Å². The SMILES string of the molecule is COc1nc(NN)nc(Nc2ccc(Br)cc2Br)n1. The van der Waals surface area contributed by atoms with Crippen LogP contribution in [0.4, 0.5) is 17.6 Å². The lowest BCUT2D eigenvalue weighted by molar-refractivity contribution is 0.379. The second-order valence-electron chi connectivity index (χ2n) is 3.36. The lowest BCUT2D eigenvalue weighted by Crippen LogP contribution is -2.13. The van der Waals surface area contributed by atoms with Crippen molar-refractivity contribution in [2.24, 2.45) is 5.84 Å². The third kappa shape index (κ3) is 3.52. The molecular formula is C10H10Br2N6O. The van der Waals surface area contributed by atoms with E-state index in [0.717, 1.165) is 14.6 Å². The van der Waals surface area contributed by atoms with Crippen molar-refractivity contribution in [2.45, 2.75) is 0 Å². The average molecular weight is 390 g/mol. The number of hydrogen-bond donors (Lipinski definition) is 3. The van der Waals surface area contributed by atoms with Gasteiger partial charge in [-0.3, -0.25) is 5.43 Å². The van der Waals surface area contributed by atoms with Crippen LogP contribution in [0.15, 0.2) is 27.1 Å². The molecule has 0 unspecified atom stereocenters. The molecule has 0 amide bonds. The molecule has 0 bridgehead atoms. The van der Waals surface area contributed by atoms with E-state index in [2.05, 4.69) is 57.6 Å². The highest BCUT2D eigenvalue weighted by Crippen LogP contribution is 2.28. The van der Waals surface area contributed by atoms with E-state index in [9.17, 15) is 0 Å². The van der Waals surface area contributed by atoms with E-state index in [0.29, 0.717) is 5.95 Å². The average Bonchev–Trinajstić information content (AvgIpc) is 2.41. The minimum absolute atomic E-state index is 0.165. The quantitative estimate of drug-likeness (QED) is 0.545. The molecule has 1 aromatic heterocycles. The fraction of sp³-hybridized carbons (Fsp3) is 0.100. The van der Waals surface area contributed by atoms with Gasteiger partial charge < -0.3 is 10.1 Å². The molecule has 100 valence electrons. The van der Waals surface area contributed by atoms with Gasteiger partial charge in [-0.1, -0.05) is 15.9 Å². The summed E-state index contributed by atoms with van der Waals surface area (Å²) in [6, 6.07) is 5.84. The number of anilines is 3. The Morgan fingerprint density at radius 2 is 1.89 bits per heavy atom. The van der Waals surface area contributed by atoms with Crippen molar-refractivity contribution in [3.8, 4) is 6.01 Å². The highest BCUT2D eigenvalue weighted by atomic mass is 79.9. The first-order valence-corrected chi connectivity index (χ1v) is 6.69. The van der Waals surface area contributed by atoms with E-state index >= 15 is 0 Å². The minimum atomic E-state index is 0.165. The number of nitrogens with zero attached hydrogens (tertiary/aromatic N) is 3. The monoisotopic (exact) mass is 388 g/mol. The first kappa shape index (κ1) is 14.0. The summed E-state index contributed by atoms with van der Waals surface area (Å²) in [5.74, 6) is 5.82. The molecule has 2 rings (SSSR count). The molecule has 0 atom stereocenters. The second-order valence-corrected chi connectivity index (χ2v) is 5.13. The summed E-state index contributed by atoms with van der Waals surface area (Å²) in [5, 5.41) is 3.04. The summed E-state index contributed by atoms with van der Waals surface area (Å²) in [7, 11) is 1.47. The molecule has 19 heavy (non-hydrogen) atoms. The van der Waals surface area contributed by atoms with Gasteiger partial charge in [0.15, 0.2) is 0 Å². The van der Waals surface area contributed by atoms with E-state index in [1.54, 1.807) is 0 Å². The molecule has 0 fully saturated rings. The maximum atomic E-state index is 5.28. The Morgan fingerprint density at radius 1 is 1.16 bits per heavy atom. The molecule has 0 spiro atoms. The molecule has 0 saturated carbocycles. The highest BCUT2D eigenvalue weighted by Gasteiger charge is 2.08. The predicted octanol–water partition coefficient (Wildman–Crippen LogP) is 2.43. The van der Waals surface area contributed by atoms with Gasteiger partial charge in [-0.15, -0.1) is 0 Å². The molecule has 4 N–H and O–H groups in total. The van der Waals surface area contributed by atoms with Crippen LogP contribution in [0.2, 0.25) is 0 Å². The summed E-state index contributed by atoms with van der Waals surface area (Å²) < 4.78 is 6.79. The number of hydrogen-bond acceptors (Lipinski definition) is 7. The smallest absolute Gasteiger partial charge is 0.322 e. The van der Waals surface area contributed by atoms with Gasteiger partial charge in [-0.05, 0) is 34.1 Å². The molecule has 1 heterocycles. The van der Waals surface area contributed by atoms with Crippen LogP contribution >= 0.6 is 31.9 Å². The predicted molar refractivity (Wildman–Crippen MR) is 79.3 cm³/mol. The van der Waals surface area contributed by atoms with Crippen LogP contribution in [0.1, 0.15) is 0 Å². The number of rotatable bonds is 4. The third-order valence-electron chi connectivity index (χ3n) is 2.10. The Kier molecular flexibility index (Phi) is 4.51. The number of nitrogens with two attached hydrogens (primary N) is 1. The summed E-state index contributed by atoms with van der Waals surface area (Å²) in [5.41, 5.74) is 3.16. The van der Waals surface area contributed by atoms with Crippen molar-refractivity contribution in [1.29, 1.82) is 0 Å². The maximum Gasteiger partial charge on any atom is 0.322 e. The van der Waals surface area contributed by atoms with Gasteiger partial charge in [-0.25, -0.2) is 5.84 Å². The molecular weight excluding hydrogens is 380 g/mol. The molecule has 7 nitrogen and oxygen atoms in total. The Hall–Kier alpha value is -1.45. The van der Waals surface area contributed by atoms with Gasteiger partial charge in [0.25, 0.3) is 0 Å². The number of halogens is 2. The fourth-order valence-corrected chi connectivity index (χ4v) is 2.43. The first-order chi connectivity index (χ1) is 9.12. The molecule has 0 aliphatic rings. The van der Waals surface area contributed by atoms with Crippen molar-refractivity contribution in [1.82, 2.24) is 15.0 Å². The molecule has 0 radical (unpaired) electrons. The number of aromatic nitrogens is 3. The lowest BCUT2D eigenvalue weighted by Gasteiger charge is -2.09. The summed E-state index contributed by atoms with van der Waals surface area (Å²) in [4.78, 5) is 12.1. The van der Waals surface area contributed by atoms with Crippen molar-refractivity contribution in [3.63, 3.8) is 0 Å². The number of benzene rings is 1. The number of methoxy groups -OCH3 is 1. The maximum absolute atomic E-state index is 5.28. The van der Waals surface area contributed by atoms with Crippen LogP contribution in [0.25, 0.3) is 0 Å². The van der Waals surface area contributed by atoms with Crippen LogP contribution in [0, 0.1) is 0 Å². The Bertz CT molecular complexity index is 572. The number of hydrazine groups is 1. The van der Waals surface area contributed by atoms with E-state index in [1.165, 1.54) is 7.11 Å². The molecule has 0 aliphatic carbocycles. The van der Waals surface area contributed by atoms with E-state index in [4.69, 9.17) is 10.6 Å². The van der Waals surface area contributed by atoms with E-state index in [1.807, 2.05) is 18.2 Å². The molecule has 0 aliphatic heterocycles. The fourth-order valence-electron chi connectivity index (χ4n) is 1.28. The lowest BCUT2D eigenvalue weighted by atomic mass is 10.3. The zero-order valence-electron chi connectivity index (χ0n) is 9.82. The largest absolute Gasteiger partial charge is 0.467 e. The number of nitrogen functional groups attached to an aromatic ring is 1. The number of nitrogens with one attached hydrogen (secondary N) is 2. The summed E-state index contributed by atoms with van der Waals surface area (Å²) in [6.45, 7) is 0. The second kappa shape index (κ2) is 6.13. The zero-order chi connectivity index (χ0) is 13.8. The van der Waals surface area contributed by atoms with Gasteiger partial charge in [-0.2, -0.15) is 15.0 Å². The van der Waals surface area contributed by atoms with E-state index < -0.39 is 0 Å². The van der Waals surface area contributed by atoms with Crippen LogP contribution in [0.3, 0.4) is 0 Å². The summed E-state index contributed by atoms with van der Waals surface area (Å²) >= 11 is 6.82. The Balaban J connectivity index is 2.31. The third-order valence-corrected chi connectivity index (χ3v) is 3.25. The van der Waals surface area contributed by atoms with Crippen molar-refractivity contribution in [3.05, 3.63) is 27.1 Å². The van der Waals surface area contributed by atoms with Crippen molar-refractivity contribution >= 4 is 49.4 Å². The van der Waals surface area contributed by atoms with Gasteiger partial charge in [0.05, 0.1) is 12.8 Å². The first-order valence-electron chi connectivity index (χ1n) is 5.11. The van der Waals surface area contributed by atoms with Gasteiger partial charge in [0, 0.05) is 8.95 Å². The molecule has 2 aromatic rings. The highest BCUT2D eigenvalue weighted by molar-refractivity contribution is 9.11. The number of ether oxygens (including phenoxy) is 1.